The number of aromatic nitrogens is 2. The number of rotatable bonds is 6. The molecule has 2 heterocycles. The van der Waals surface area contributed by atoms with E-state index in [1.165, 1.54) is 18.4 Å². The minimum absolute atomic E-state index is 0.0927. The van der Waals surface area contributed by atoms with Gasteiger partial charge in [0, 0.05) is 11.9 Å². The molecule has 2 N–H and O–H groups in total. The number of H-pyrrole nitrogens is 1. The van der Waals surface area contributed by atoms with Crippen LogP contribution < -0.4 is 10.9 Å². The van der Waals surface area contributed by atoms with E-state index < -0.39 is 0 Å². The van der Waals surface area contributed by atoms with Crippen LogP contribution in [0.4, 0.5) is 0 Å². The molecule has 2 aromatic carbocycles. The van der Waals surface area contributed by atoms with E-state index in [2.05, 4.69) is 32.5 Å². The molecule has 4 rings (SSSR count). The van der Waals surface area contributed by atoms with Crippen LogP contribution in [0.5, 0.6) is 0 Å². The number of carbonyl (C=O) groups is 1. The van der Waals surface area contributed by atoms with Crippen LogP contribution in [-0.4, -0.2) is 40.6 Å². The fourth-order valence-electron chi connectivity index (χ4n) is 3.92. The van der Waals surface area contributed by atoms with Gasteiger partial charge in [0.05, 0.1) is 23.5 Å². The summed E-state index contributed by atoms with van der Waals surface area (Å²) in [4.78, 5) is 27.0. The molecule has 6 heteroatoms. The lowest BCUT2D eigenvalue weighted by atomic mass is 10.1. The fraction of sp³-hybridized carbons (Fsp3) is 0.318. The standard InChI is InChI=1S/C22H24N4O2/c27-21(14-19-17-10-4-5-11-18(17)22(28)25-24-19)23-15-20(26-12-6-7-13-26)16-8-2-1-3-9-16/h1-5,8-11,20H,6-7,12-15H2,(H,23,27)(H,25,28). The van der Waals surface area contributed by atoms with Gasteiger partial charge in [0.1, 0.15) is 0 Å². The Morgan fingerprint density at radius 1 is 1.04 bits per heavy atom. The molecule has 3 aromatic rings. The summed E-state index contributed by atoms with van der Waals surface area (Å²) >= 11 is 0. The second-order valence-electron chi connectivity index (χ2n) is 7.20. The SMILES string of the molecule is O=C(Cc1n[nH]c(=O)c2ccccc12)NCC(c1ccccc1)N1CCCC1. The molecule has 1 unspecified atom stereocenters. The first-order valence-electron chi connectivity index (χ1n) is 9.74. The lowest BCUT2D eigenvalue weighted by Crippen LogP contribution is -2.37. The Morgan fingerprint density at radius 2 is 1.71 bits per heavy atom. The van der Waals surface area contributed by atoms with Crippen molar-refractivity contribution in [3.8, 4) is 0 Å². The van der Waals surface area contributed by atoms with Crippen molar-refractivity contribution in [2.45, 2.75) is 25.3 Å². The molecule has 1 amide bonds. The summed E-state index contributed by atoms with van der Waals surface area (Å²) in [6, 6.07) is 17.7. The highest BCUT2D eigenvalue weighted by molar-refractivity contribution is 5.88. The average Bonchev–Trinajstić information content (AvgIpc) is 3.26. The number of nitrogens with zero attached hydrogens (tertiary/aromatic N) is 2. The number of benzene rings is 2. The molecule has 0 radical (unpaired) electrons. The molecular formula is C22H24N4O2. The predicted octanol–water partition coefficient (Wildman–Crippen LogP) is 2.42. The quantitative estimate of drug-likeness (QED) is 0.693. The van der Waals surface area contributed by atoms with Gasteiger partial charge in [0.2, 0.25) is 5.91 Å². The highest BCUT2D eigenvalue weighted by atomic mass is 16.1. The Kier molecular flexibility index (Phi) is 5.48. The van der Waals surface area contributed by atoms with E-state index >= 15 is 0 Å². The Balaban J connectivity index is 1.47. The zero-order chi connectivity index (χ0) is 19.3. The Bertz CT molecular complexity index is 1010. The van der Waals surface area contributed by atoms with Crippen molar-refractivity contribution in [2.24, 2.45) is 0 Å². The van der Waals surface area contributed by atoms with Crippen LogP contribution >= 0.6 is 0 Å². The number of aromatic amines is 1. The van der Waals surface area contributed by atoms with Crippen LogP contribution in [0.1, 0.15) is 30.1 Å². The highest BCUT2D eigenvalue weighted by Crippen LogP contribution is 2.24. The third kappa shape index (κ3) is 3.97. The molecule has 0 saturated carbocycles. The molecule has 28 heavy (non-hydrogen) atoms. The van der Waals surface area contributed by atoms with Crippen molar-refractivity contribution < 1.29 is 4.79 Å². The number of likely N-dealkylation sites (tertiary alicyclic amines) is 1. The van der Waals surface area contributed by atoms with Crippen LogP contribution in [-0.2, 0) is 11.2 Å². The first kappa shape index (κ1) is 18.4. The first-order chi connectivity index (χ1) is 13.7. The van der Waals surface area contributed by atoms with Crippen molar-refractivity contribution in [1.82, 2.24) is 20.4 Å². The molecule has 1 aliphatic rings. The van der Waals surface area contributed by atoms with Crippen LogP contribution in [0.15, 0.2) is 59.4 Å². The lowest BCUT2D eigenvalue weighted by Gasteiger charge is -2.28. The maximum absolute atomic E-state index is 12.6. The van der Waals surface area contributed by atoms with E-state index in [0.29, 0.717) is 17.6 Å². The van der Waals surface area contributed by atoms with Gasteiger partial charge in [0.25, 0.3) is 5.56 Å². The van der Waals surface area contributed by atoms with E-state index in [1.54, 1.807) is 6.07 Å². The van der Waals surface area contributed by atoms with Crippen molar-refractivity contribution in [3.63, 3.8) is 0 Å². The average molecular weight is 376 g/mol. The van der Waals surface area contributed by atoms with Crippen molar-refractivity contribution in [3.05, 3.63) is 76.2 Å². The largest absolute Gasteiger partial charge is 0.354 e. The number of fused-ring (bicyclic) bond motifs is 1. The van der Waals surface area contributed by atoms with Gasteiger partial charge in [-0.3, -0.25) is 14.5 Å². The van der Waals surface area contributed by atoms with Gasteiger partial charge < -0.3 is 5.32 Å². The van der Waals surface area contributed by atoms with Gasteiger partial charge in [-0.15, -0.1) is 0 Å². The molecule has 6 nitrogen and oxygen atoms in total. The summed E-state index contributed by atoms with van der Waals surface area (Å²) < 4.78 is 0. The molecule has 1 saturated heterocycles. The molecule has 144 valence electrons. The first-order valence-corrected chi connectivity index (χ1v) is 9.74. The van der Waals surface area contributed by atoms with E-state index in [9.17, 15) is 9.59 Å². The monoisotopic (exact) mass is 376 g/mol. The van der Waals surface area contributed by atoms with Gasteiger partial charge >= 0.3 is 0 Å². The summed E-state index contributed by atoms with van der Waals surface area (Å²) in [5.74, 6) is -0.0927. The third-order valence-electron chi connectivity index (χ3n) is 5.36. The number of carbonyl (C=O) groups excluding carboxylic acids is 1. The zero-order valence-electron chi connectivity index (χ0n) is 15.7. The maximum atomic E-state index is 12.6. The number of amides is 1. The smallest absolute Gasteiger partial charge is 0.272 e. The Morgan fingerprint density at radius 3 is 2.46 bits per heavy atom. The fourth-order valence-corrected chi connectivity index (χ4v) is 3.92. The molecule has 1 aliphatic heterocycles. The van der Waals surface area contributed by atoms with Crippen LogP contribution in [0.25, 0.3) is 10.8 Å². The van der Waals surface area contributed by atoms with Crippen molar-refractivity contribution in [2.75, 3.05) is 19.6 Å². The Hall–Kier alpha value is -2.99. The molecule has 0 bridgehead atoms. The van der Waals surface area contributed by atoms with E-state index in [0.717, 1.165) is 18.5 Å². The van der Waals surface area contributed by atoms with E-state index in [-0.39, 0.29) is 23.9 Å². The lowest BCUT2D eigenvalue weighted by molar-refractivity contribution is -0.120. The second-order valence-corrected chi connectivity index (χ2v) is 7.20. The van der Waals surface area contributed by atoms with Crippen molar-refractivity contribution >= 4 is 16.7 Å². The van der Waals surface area contributed by atoms with Crippen molar-refractivity contribution in [1.29, 1.82) is 0 Å². The van der Waals surface area contributed by atoms with E-state index in [1.807, 2.05) is 36.4 Å². The van der Waals surface area contributed by atoms with E-state index in [4.69, 9.17) is 0 Å². The second kappa shape index (κ2) is 8.35. The highest BCUT2D eigenvalue weighted by Gasteiger charge is 2.24. The van der Waals surface area contributed by atoms with Crippen LogP contribution in [0, 0.1) is 0 Å². The minimum Gasteiger partial charge on any atom is -0.354 e. The molecular weight excluding hydrogens is 352 g/mol. The van der Waals surface area contributed by atoms with Gasteiger partial charge in [-0.25, -0.2) is 5.10 Å². The van der Waals surface area contributed by atoms with Crippen LogP contribution in [0.3, 0.4) is 0 Å². The normalized spacial score (nSPS) is 15.6. The Labute approximate surface area is 163 Å². The maximum Gasteiger partial charge on any atom is 0.272 e. The minimum atomic E-state index is -0.238. The topological polar surface area (TPSA) is 78.1 Å². The summed E-state index contributed by atoms with van der Waals surface area (Å²) in [6.45, 7) is 2.67. The molecule has 0 aliphatic carbocycles. The third-order valence-corrected chi connectivity index (χ3v) is 5.36. The summed E-state index contributed by atoms with van der Waals surface area (Å²) in [7, 11) is 0. The van der Waals surface area contributed by atoms with Gasteiger partial charge in [0.15, 0.2) is 0 Å². The summed E-state index contributed by atoms with van der Waals surface area (Å²) in [6.07, 6.45) is 2.54. The number of hydrogen-bond acceptors (Lipinski definition) is 4. The summed E-state index contributed by atoms with van der Waals surface area (Å²) in [5, 5.41) is 10.9. The number of nitrogens with one attached hydrogen (secondary N) is 2. The number of hydrogen-bond donors (Lipinski definition) is 2. The molecule has 0 spiro atoms. The predicted molar refractivity (Wildman–Crippen MR) is 109 cm³/mol. The molecule has 1 aromatic heterocycles. The summed E-state index contributed by atoms with van der Waals surface area (Å²) in [5.41, 5.74) is 1.57. The van der Waals surface area contributed by atoms with Gasteiger partial charge in [-0.05, 0) is 37.6 Å². The zero-order valence-corrected chi connectivity index (χ0v) is 15.7. The van der Waals surface area contributed by atoms with Gasteiger partial charge in [-0.2, -0.15) is 5.10 Å². The molecule has 1 atom stereocenters. The van der Waals surface area contributed by atoms with Gasteiger partial charge in [-0.1, -0.05) is 48.5 Å². The molecule has 1 fully saturated rings. The van der Waals surface area contributed by atoms with Crippen LogP contribution in [0.2, 0.25) is 0 Å².